The molecule has 0 heterocycles. The summed E-state index contributed by atoms with van der Waals surface area (Å²) in [6, 6.07) is 0. The van der Waals surface area contributed by atoms with Crippen LogP contribution in [0.3, 0.4) is 0 Å². The van der Waals surface area contributed by atoms with Crippen LogP contribution in [0.15, 0.2) is 26.3 Å². The van der Waals surface area contributed by atoms with Gasteiger partial charge in [0.05, 0.1) is 0 Å². The molecule has 2 aromatic carbocycles. The third-order valence-corrected chi connectivity index (χ3v) is 5.09. The number of aryl methyl sites for hydroxylation is 1. The number of carbonyl (C=O) groups excluding carboxylic acids is 1. The number of fused-ring (bicyclic) bond motifs is 1. The van der Waals surface area contributed by atoms with E-state index in [4.69, 9.17) is 0 Å². The molecule has 0 saturated carbocycles. The van der Waals surface area contributed by atoms with Crippen molar-refractivity contribution in [3.05, 3.63) is 70.8 Å². The monoisotopic (exact) mass is 330 g/mol. The zero-order valence-electron chi connectivity index (χ0n) is 15.5. The fourth-order valence-corrected chi connectivity index (χ4v) is 4.07. The highest BCUT2D eigenvalue weighted by Crippen LogP contribution is 2.40. The maximum Gasteiger partial charge on any atom is 0.151 e. The smallest absolute Gasteiger partial charge is 0.151 e. The lowest BCUT2D eigenvalue weighted by molar-refractivity contribution is 0.112. The lowest BCUT2D eigenvalue weighted by Gasteiger charge is -2.23. The Hall–Kier alpha value is -2.67. The molecule has 2 aromatic rings. The van der Waals surface area contributed by atoms with Crippen molar-refractivity contribution in [3.63, 3.8) is 0 Å². The normalized spacial score (nSPS) is 10.5. The van der Waals surface area contributed by atoms with Crippen LogP contribution in [0.2, 0.25) is 0 Å². The Morgan fingerprint density at radius 3 is 1.56 bits per heavy atom. The fourth-order valence-electron chi connectivity index (χ4n) is 4.07. The number of hydrogen-bond acceptors (Lipinski definition) is 1. The summed E-state index contributed by atoms with van der Waals surface area (Å²) in [5, 5.41) is 2.02. The largest absolute Gasteiger partial charge is 0.298 e. The van der Waals surface area contributed by atoms with Gasteiger partial charge >= 0.3 is 0 Å². The molecule has 0 unspecified atom stereocenters. The average molecular weight is 330 g/mol. The molecule has 25 heavy (non-hydrogen) atoms. The minimum absolute atomic E-state index is 0.670. The second kappa shape index (κ2) is 7.48. The van der Waals surface area contributed by atoms with Crippen molar-refractivity contribution in [3.8, 4) is 0 Å². The van der Waals surface area contributed by atoms with Gasteiger partial charge in [-0.1, -0.05) is 64.5 Å². The average Bonchev–Trinajstić information content (AvgIpc) is 2.65. The first kappa shape index (κ1) is 18.7. The molecule has 0 amide bonds. The zero-order valence-corrected chi connectivity index (χ0v) is 15.5. The maximum atomic E-state index is 12.0. The Kier molecular flexibility index (Phi) is 5.58. The molecule has 0 atom stereocenters. The molecule has 1 heteroatoms. The lowest BCUT2D eigenvalue weighted by Crippen LogP contribution is -2.06. The molecule has 0 bridgehead atoms. The van der Waals surface area contributed by atoms with Crippen LogP contribution in [0, 0.1) is 6.92 Å². The molecule has 1 nitrogen and oxygen atoms in total. The van der Waals surface area contributed by atoms with Gasteiger partial charge in [0.2, 0.25) is 0 Å². The van der Waals surface area contributed by atoms with Crippen LogP contribution in [-0.2, 0) is 12.8 Å². The summed E-state index contributed by atoms with van der Waals surface area (Å²) in [7, 11) is 0. The number of hydrogen-bond donors (Lipinski definition) is 0. The predicted octanol–water partition coefficient (Wildman–Crippen LogP) is 6.66. The molecule has 0 aliphatic rings. The number of rotatable bonds is 7. The molecule has 128 valence electrons. The van der Waals surface area contributed by atoms with Gasteiger partial charge in [0.15, 0.2) is 6.29 Å². The third-order valence-electron chi connectivity index (χ3n) is 5.09. The van der Waals surface area contributed by atoms with Crippen molar-refractivity contribution in [1.82, 2.24) is 0 Å². The van der Waals surface area contributed by atoms with Crippen molar-refractivity contribution < 1.29 is 4.79 Å². The molecule has 0 aliphatic heterocycles. The van der Waals surface area contributed by atoms with E-state index in [1.807, 2.05) is 12.2 Å². The van der Waals surface area contributed by atoms with Crippen LogP contribution in [0.5, 0.6) is 0 Å². The molecule has 0 N–H and O–H groups in total. The summed E-state index contributed by atoms with van der Waals surface area (Å²) in [5.74, 6) is 0. The van der Waals surface area contributed by atoms with E-state index in [0.717, 1.165) is 57.7 Å². The summed E-state index contributed by atoms with van der Waals surface area (Å²) in [6.45, 7) is 22.4. The van der Waals surface area contributed by atoms with Gasteiger partial charge in [-0.25, -0.2) is 0 Å². The van der Waals surface area contributed by atoms with E-state index in [2.05, 4.69) is 47.1 Å². The summed E-state index contributed by atoms with van der Waals surface area (Å²) in [5.41, 5.74) is 8.21. The Bertz CT molecular complexity index is 910. The first-order chi connectivity index (χ1) is 12.1. The van der Waals surface area contributed by atoms with E-state index >= 15 is 0 Å². The Labute approximate surface area is 151 Å². The van der Waals surface area contributed by atoms with Gasteiger partial charge in [-0.3, -0.25) is 4.79 Å². The second-order valence-corrected chi connectivity index (χ2v) is 6.04. The van der Waals surface area contributed by atoms with E-state index in [9.17, 15) is 4.79 Å². The van der Waals surface area contributed by atoms with Gasteiger partial charge in [0.1, 0.15) is 0 Å². The standard InChI is InChI=1S/C24H26O/c1-8-16-15(7)23-22(14-25)19(11-4)18(10-3)21(13-6)24(23)20(12-5)17(16)9-2/h10-14H,3-6,8-9H2,1-2,7H3. The summed E-state index contributed by atoms with van der Waals surface area (Å²) >= 11 is 0. The van der Waals surface area contributed by atoms with Crippen LogP contribution in [0.25, 0.3) is 35.1 Å². The van der Waals surface area contributed by atoms with E-state index in [1.54, 1.807) is 12.2 Å². The zero-order chi connectivity index (χ0) is 18.7. The highest BCUT2D eigenvalue weighted by molar-refractivity contribution is 6.12. The van der Waals surface area contributed by atoms with Gasteiger partial charge in [-0.15, -0.1) is 0 Å². The molecule has 0 aliphatic carbocycles. The van der Waals surface area contributed by atoms with E-state index in [1.165, 1.54) is 11.1 Å². The van der Waals surface area contributed by atoms with Crippen molar-refractivity contribution >= 4 is 41.4 Å². The minimum Gasteiger partial charge on any atom is -0.298 e. The van der Waals surface area contributed by atoms with Gasteiger partial charge < -0.3 is 0 Å². The molecule has 2 rings (SSSR count). The molecule has 0 aromatic heterocycles. The molecule has 0 spiro atoms. The minimum atomic E-state index is 0.670. The van der Waals surface area contributed by atoms with Gasteiger partial charge in [-0.05, 0) is 69.5 Å². The fraction of sp³-hybridized carbons (Fsp3) is 0.208. The lowest BCUT2D eigenvalue weighted by atomic mass is 9.80. The van der Waals surface area contributed by atoms with Crippen LogP contribution in [0.1, 0.15) is 63.1 Å². The Morgan fingerprint density at radius 2 is 1.16 bits per heavy atom. The number of aldehydes is 1. The number of benzene rings is 2. The van der Waals surface area contributed by atoms with Crippen LogP contribution in [0.4, 0.5) is 0 Å². The number of carbonyl (C=O) groups is 1. The quantitative estimate of drug-likeness (QED) is 0.519. The molecule has 0 saturated heterocycles. The van der Waals surface area contributed by atoms with Crippen LogP contribution < -0.4 is 0 Å². The van der Waals surface area contributed by atoms with Gasteiger partial charge in [0, 0.05) is 5.56 Å². The Morgan fingerprint density at radius 1 is 0.680 bits per heavy atom. The summed E-state index contributed by atoms with van der Waals surface area (Å²) < 4.78 is 0. The van der Waals surface area contributed by atoms with E-state index < -0.39 is 0 Å². The van der Waals surface area contributed by atoms with E-state index in [0.29, 0.717) is 5.56 Å². The molecular weight excluding hydrogens is 304 g/mol. The maximum absolute atomic E-state index is 12.0. The first-order valence-electron chi connectivity index (χ1n) is 8.68. The third kappa shape index (κ3) is 2.60. The topological polar surface area (TPSA) is 17.1 Å². The SMILES string of the molecule is C=Cc1c(C=C)c(C=C)c2c(C=C)c(CC)c(CC)c(C)c2c1C=O. The summed E-state index contributed by atoms with van der Waals surface area (Å²) in [6.07, 6.45) is 10.0. The highest BCUT2D eigenvalue weighted by atomic mass is 16.1. The van der Waals surface area contributed by atoms with Crippen LogP contribution >= 0.6 is 0 Å². The molecular formula is C24H26O. The highest BCUT2D eigenvalue weighted by Gasteiger charge is 2.22. The predicted molar refractivity (Wildman–Crippen MR) is 113 cm³/mol. The Balaban J connectivity index is 3.41. The molecule has 0 fully saturated rings. The first-order valence-corrected chi connectivity index (χ1v) is 8.68. The van der Waals surface area contributed by atoms with Gasteiger partial charge in [0.25, 0.3) is 0 Å². The van der Waals surface area contributed by atoms with E-state index in [-0.39, 0.29) is 0 Å². The summed E-state index contributed by atoms with van der Waals surface area (Å²) in [4.78, 5) is 12.0. The second-order valence-electron chi connectivity index (χ2n) is 6.04. The van der Waals surface area contributed by atoms with Crippen LogP contribution in [-0.4, -0.2) is 6.29 Å². The van der Waals surface area contributed by atoms with Crippen molar-refractivity contribution in [2.24, 2.45) is 0 Å². The van der Waals surface area contributed by atoms with Crippen molar-refractivity contribution in [2.45, 2.75) is 33.6 Å². The van der Waals surface area contributed by atoms with Crippen molar-refractivity contribution in [2.75, 3.05) is 0 Å². The van der Waals surface area contributed by atoms with Gasteiger partial charge in [-0.2, -0.15) is 0 Å². The van der Waals surface area contributed by atoms with Crippen molar-refractivity contribution in [1.29, 1.82) is 0 Å². The molecule has 0 radical (unpaired) electrons.